The summed E-state index contributed by atoms with van der Waals surface area (Å²) in [5.74, 6) is 0. The Morgan fingerprint density at radius 2 is 0.800 bits per heavy atom. The fourth-order valence-electron chi connectivity index (χ4n) is 0. The van der Waals surface area contributed by atoms with Crippen molar-refractivity contribution in [1.82, 2.24) is 0 Å². The van der Waals surface area contributed by atoms with Gasteiger partial charge in [0.05, 0.1) is 0 Å². The van der Waals surface area contributed by atoms with E-state index in [1.54, 1.807) is 0 Å². The van der Waals surface area contributed by atoms with Gasteiger partial charge in [-0.1, -0.05) is 0 Å². The van der Waals surface area contributed by atoms with E-state index in [2.05, 4.69) is 0 Å². The summed E-state index contributed by atoms with van der Waals surface area (Å²) < 4.78 is 0. The van der Waals surface area contributed by atoms with Gasteiger partial charge in [-0.15, -0.1) is 37.2 Å². The molecule has 0 aromatic carbocycles. The quantitative estimate of drug-likeness (QED) is 0.457. The molecule has 0 aliphatic heterocycles. The van der Waals surface area contributed by atoms with E-state index in [1.165, 1.54) is 0 Å². The van der Waals surface area contributed by atoms with Crippen LogP contribution in [0, 0.1) is 35.6 Å². The molecule has 0 rings (SSSR count). The van der Waals surface area contributed by atoms with E-state index in [4.69, 9.17) is 0 Å². The monoisotopic (exact) mass is 255 g/mol. The van der Waals surface area contributed by atoms with Crippen molar-refractivity contribution < 1.29 is 55.9 Å². The number of hydrogen-bond acceptors (Lipinski definition) is 0. The van der Waals surface area contributed by atoms with E-state index >= 15 is 0 Å². The molecule has 0 aromatic rings. The van der Waals surface area contributed by atoms with Crippen LogP contribution in [0.1, 0.15) is 1.43 Å². The number of halogens is 3. The second-order valence-electron chi connectivity index (χ2n) is 0. The Kier molecular flexibility index (Phi) is 289. The van der Waals surface area contributed by atoms with Crippen LogP contribution in [0.15, 0.2) is 0 Å². The molecule has 0 heterocycles. The summed E-state index contributed by atoms with van der Waals surface area (Å²) in [5.41, 5.74) is 0. The molecular weight excluding hydrogens is 252 g/mol. The van der Waals surface area contributed by atoms with E-state index in [0.29, 0.717) is 0 Å². The number of hydrogen-bond donors (Lipinski definition) is 0. The van der Waals surface area contributed by atoms with Gasteiger partial charge in [0, 0.05) is 35.6 Å². The number of rotatable bonds is 0. The van der Waals surface area contributed by atoms with Crippen LogP contribution in [0.25, 0.3) is 0 Å². The summed E-state index contributed by atoms with van der Waals surface area (Å²) in [6.07, 6.45) is 0. The minimum Gasteiger partial charge on any atom is -1.00 e. The van der Waals surface area contributed by atoms with Crippen molar-refractivity contribution in [2.24, 2.45) is 0 Å². The predicted octanol–water partition coefficient (Wildman–Crippen LogP) is -1.62. The fraction of sp³-hybridized carbons (Fsp3) is 0. The first kappa shape index (κ1) is 48.0. The maximum atomic E-state index is 0. The molecule has 0 bridgehead atoms. The van der Waals surface area contributed by atoms with Crippen molar-refractivity contribution in [3.63, 3.8) is 0 Å². The molecule has 0 saturated carbocycles. The third-order valence-electron chi connectivity index (χ3n) is 0. The van der Waals surface area contributed by atoms with E-state index in [9.17, 15) is 0 Å². The van der Waals surface area contributed by atoms with Gasteiger partial charge in [0.15, 0.2) is 0 Å². The van der Waals surface area contributed by atoms with Gasteiger partial charge in [-0.25, -0.2) is 0 Å². The first-order valence-corrected chi connectivity index (χ1v) is 0. The Bertz CT molecular complexity index is 10.8. The largest absolute Gasteiger partial charge is 1.00 e. The van der Waals surface area contributed by atoms with Crippen LogP contribution in [0.4, 0.5) is 0 Å². The Hall–Kier alpha value is 2.66. The van der Waals surface area contributed by atoms with Gasteiger partial charge < -0.3 is 1.43 Å². The van der Waals surface area contributed by atoms with Crippen molar-refractivity contribution in [3.05, 3.63) is 0 Å². The average molecular weight is 256 g/mol. The van der Waals surface area contributed by atoms with Crippen molar-refractivity contribution in [3.8, 4) is 0 Å². The van der Waals surface area contributed by atoms with Crippen LogP contribution in [-0.2, 0) is 0 Å². The minimum atomic E-state index is 0. The Balaban J connectivity index is 0. The van der Waals surface area contributed by atoms with Gasteiger partial charge in [0.25, 0.3) is 0 Å². The molecule has 0 spiro atoms. The third kappa shape index (κ3) is 20.4. The molecule has 5 heavy (non-hydrogen) atoms. The molecule has 0 fully saturated rings. The first-order chi connectivity index (χ1) is 0. The maximum Gasteiger partial charge on any atom is 1.00 e. The van der Waals surface area contributed by atoms with Crippen molar-refractivity contribution in [1.29, 1.82) is 0 Å². The van der Waals surface area contributed by atoms with Crippen LogP contribution in [0.3, 0.4) is 0 Å². The molecule has 29 valence electrons. The molecule has 1 radical (unpaired) electrons. The zero-order valence-corrected chi connectivity index (χ0v) is 8.88. The molecule has 0 amide bonds. The minimum absolute atomic E-state index is 0. The Morgan fingerprint density at radius 1 is 0.800 bits per heavy atom. The molecule has 0 aliphatic rings. The van der Waals surface area contributed by atoms with E-state index in [-0.39, 0.29) is 93.1 Å². The zero-order valence-electron chi connectivity index (χ0n) is 3.80. The summed E-state index contributed by atoms with van der Waals surface area (Å²) in [6, 6.07) is 0. The van der Waals surface area contributed by atoms with Crippen LogP contribution >= 0.6 is 37.2 Å². The molecule has 0 aromatic heterocycles. The second kappa shape index (κ2) is 30.1. The molecular formula is H4Cl3LaLi. The van der Waals surface area contributed by atoms with Gasteiger partial charge >= 0.3 is 18.9 Å². The van der Waals surface area contributed by atoms with Crippen LogP contribution in [0.2, 0.25) is 0 Å². The zero-order chi connectivity index (χ0) is 0. The Morgan fingerprint density at radius 3 is 0.800 bits per heavy atom. The molecule has 0 atom stereocenters. The standard InChI is InChI=1S/3ClH.La.Li.H/h3*1H;;;/q;;;;+1;-1. The van der Waals surface area contributed by atoms with Crippen LogP contribution in [-0.4, -0.2) is 0 Å². The normalized spacial score (nSPS) is 0. The van der Waals surface area contributed by atoms with E-state index < -0.39 is 0 Å². The van der Waals surface area contributed by atoms with Crippen molar-refractivity contribution >= 4 is 37.2 Å². The molecule has 5 heteroatoms. The fourth-order valence-corrected chi connectivity index (χ4v) is 0. The van der Waals surface area contributed by atoms with Gasteiger partial charge in [-0.3, -0.25) is 0 Å². The molecule has 0 N–H and O–H groups in total. The maximum absolute atomic E-state index is 0. The van der Waals surface area contributed by atoms with Crippen molar-refractivity contribution in [2.75, 3.05) is 0 Å². The summed E-state index contributed by atoms with van der Waals surface area (Å²) in [5, 5.41) is 0. The van der Waals surface area contributed by atoms with Gasteiger partial charge in [-0.05, 0) is 0 Å². The summed E-state index contributed by atoms with van der Waals surface area (Å²) in [6.45, 7) is 0. The second-order valence-corrected chi connectivity index (χ2v) is 0. The predicted molar refractivity (Wildman–Crippen MR) is 22.9 cm³/mol. The molecule has 0 saturated heterocycles. The van der Waals surface area contributed by atoms with Crippen LogP contribution < -0.4 is 18.9 Å². The van der Waals surface area contributed by atoms with Crippen LogP contribution in [0.5, 0.6) is 0 Å². The van der Waals surface area contributed by atoms with Gasteiger partial charge in [0.2, 0.25) is 0 Å². The SMILES string of the molecule is Cl.Cl.Cl.[H-].[La].[Li+]. The average Bonchev–Trinajstić information content (AvgIpc) is 0. The Labute approximate surface area is 91.7 Å². The third-order valence-corrected chi connectivity index (χ3v) is 0. The topological polar surface area (TPSA) is 0 Å². The summed E-state index contributed by atoms with van der Waals surface area (Å²) >= 11 is 0. The van der Waals surface area contributed by atoms with E-state index in [1.807, 2.05) is 0 Å². The first-order valence-electron chi connectivity index (χ1n) is 0. The molecule has 0 unspecified atom stereocenters. The molecule has 0 aliphatic carbocycles. The smallest absolute Gasteiger partial charge is 1.00 e. The van der Waals surface area contributed by atoms with Gasteiger partial charge in [0.1, 0.15) is 0 Å². The van der Waals surface area contributed by atoms with E-state index in [0.717, 1.165) is 0 Å². The van der Waals surface area contributed by atoms with Crippen molar-refractivity contribution in [2.45, 2.75) is 0 Å². The summed E-state index contributed by atoms with van der Waals surface area (Å²) in [4.78, 5) is 0. The molecule has 0 nitrogen and oxygen atoms in total. The van der Waals surface area contributed by atoms with Gasteiger partial charge in [-0.2, -0.15) is 0 Å². The summed E-state index contributed by atoms with van der Waals surface area (Å²) in [7, 11) is 0.